The van der Waals surface area contributed by atoms with Crippen molar-refractivity contribution in [2.24, 2.45) is 5.73 Å². The average Bonchev–Trinajstić information content (AvgIpc) is 2.85. The first-order chi connectivity index (χ1) is 8.10. The maximum absolute atomic E-state index is 12.1. The minimum absolute atomic E-state index is 0. The van der Waals surface area contributed by atoms with Crippen molar-refractivity contribution in [1.29, 1.82) is 0 Å². The van der Waals surface area contributed by atoms with Gasteiger partial charge >= 0.3 is 0 Å². The second-order valence-electron chi connectivity index (χ2n) is 4.89. The number of nitrogens with two attached hydrogens (primary N) is 1. The molecule has 1 rings (SSSR count). The molecular formula is C13H27ClN2O2. The van der Waals surface area contributed by atoms with Crippen molar-refractivity contribution in [2.45, 2.75) is 70.6 Å². The van der Waals surface area contributed by atoms with Gasteiger partial charge in [0.15, 0.2) is 0 Å². The Balaban J connectivity index is 0.00000289. The number of carbonyl (C=O) groups is 1. The number of rotatable bonds is 6. The largest absolute Gasteiger partial charge is 0.364 e. The number of carbonyl (C=O) groups excluding carboxylic acids is 1. The van der Waals surface area contributed by atoms with Crippen LogP contribution in [-0.2, 0) is 9.53 Å². The number of nitrogens with one attached hydrogen (secondary N) is 1. The van der Waals surface area contributed by atoms with Crippen LogP contribution in [0.15, 0.2) is 0 Å². The van der Waals surface area contributed by atoms with E-state index in [1.807, 2.05) is 0 Å². The molecule has 18 heavy (non-hydrogen) atoms. The van der Waals surface area contributed by atoms with Crippen LogP contribution in [0.4, 0.5) is 0 Å². The zero-order chi connectivity index (χ0) is 12.9. The molecule has 1 aliphatic rings. The summed E-state index contributed by atoms with van der Waals surface area (Å²) in [5, 5.41) is 3.16. The highest BCUT2D eigenvalue weighted by Crippen LogP contribution is 2.23. The molecule has 0 spiro atoms. The van der Waals surface area contributed by atoms with E-state index in [1.165, 1.54) is 0 Å². The van der Waals surface area contributed by atoms with Gasteiger partial charge in [0.25, 0.3) is 0 Å². The number of hydrogen-bond acceptors (Lipinski definition) is 3. The van der Waals surface area contributed by atoms with Crippen molar-refractivity contribution in [3.8, 4) is 0 Å². The molecule has 1 heterocycles. The first kappa shape index (κ1) is 17.7. The molecular weight excluding hydrogens is 252 g/mol. The van der Waals surface area contributed by atoms with Crippen LogP contribution in [0.25, 0.3) is 0 Å². The Bertz CT molecular complexity index is 249. The van der Waals surface area contributed by atoms with E-state index in [-0.39, 0.29) is 36.1 Å². The molecule has 1 aliphatic heterocycles. The monoisotopic (exact) mass is 278 g/mol. The standard InChI is InChI=1S/C13H26N2O2.ClH/c1-4-13(5-2,6-3)15-12(16)11-8-7-10(9-14)17-11;/h10-11H,4-9,14H2,1-3H3,(H,15,16);1H/t10-,11+;/m1./s1. The molecule has 1 amide bonds. The highest BCUT2D eigenvalue weighted by atomic mass is 35.5. The van der Waals surface area contributed by atoms with E-state index < -0.39 is 0 Å². The molecule has 0 radical (unpaired) electrons. The Hall–Kier alpha value is -0.320. The van der Waals surface area contributed by atoms with Crippen molar-refractivity contribution < 1.29 is 9.53 Å². The van der Waals surface area contributed by atoms with Gasteiger partial charge in [-0.15, -0.1) is 12.4 Å². The van der Waals surface area contributed by atoms with E-state index >= 15 is 0 Å². The molecule has 108 valence electrons. The van der Waals surface area contributed by atoms with Crippen LogP contribution in [0.5, 0.6) is 0 Å². The van der Waals surface area contributed by atoms with Crippen LogP contribution in [0.1, 0.15) is 52.9 Å². The van der Waals surface area contributed by atoms with Crippen molar-refractivity contribution in [3.63, 3.8) is 0 Å². The molecule has 4 nitrogen and oxygen atoms in total. The highest BCUT2D eigenvalue weighted by molar-refractivity contribution is 5.85. The summed E-state index contributed by atoms with van der Waals surface area (Å²) in [5.41, 5.74) is 5.48. The molecule has 5 heteroatoms. The lowest BCUT2D eigenvalue weighted by Gasteiger charge is -2.32. The second kappa shape index (κ2) is 7.97. The summed E-state index contributed by atoms with van der Waals surface area (Å²) < 4.78 is 5.61. The number of ether oxygens (including phenoxy) is 1. The van der Waals surface area contributed by atoms with E-state index in [0.29, 0.717) is 6.54 Å². The maximum Gasteiger partial charge on any atom is 0.249 e. The number of hydrogen-bond donors (Lipinski definition) is 2. The quantitative estimate of drug-likeness (QED) is 0.781. The molecule has 3 N–H and O–H groups in total. The zero-order valence-electron chi connectivity index (χ0n) is 11.7. The summed E-state index contributed by atoms with van der Waals surface area (Å²) in [5.74, 6) is 0.0338. The van der Waals surface area contributed by atoms with Gasteiger partial charge in [-0.2, -0.15) is 0 Å². The van der Waals surface area contributed by atoms with Crippen LogP contribution in [0.3, 0.4) is 0 Å². The SMILES string of the molecule is CCC(CC)(CC)NC(=O)[C@@H]1CC[C@H](CN)O1.Cl. The Kier molecular flexibility index (Phi) is 7.83. The summed E-state index contributed by atoms with van der Waals surface area (Å²) in [4.78, 5) is 12.1. The van der Waals surface area contributed by atoms with Crippen LogP contribution in [-0.4, -0.2) is 30.2 Å². The van der Waals surface area contributed by atoms with Gasteiger partial charge in [-0.1, -0.05) is 20.8 Å². The molecule has 0 unspecified atom stereocenters. The number of amides is 1. The summed E-state index contributed by atoms with van der Waals surface area (Å²) in [6.07, 6.45) is 4.32. The zero-order valence-corrected chi connectivity index (χ0v) is 12.5. The van der Waals surface area contributed by atoms with E-state index in [1.54, 1.807) is 0 Å². The Labute approximate surface area is 116 Å². The lowest BCUT2D eigenvalue weighted by molar-refractivity contribution is -0.134. The van der Waals surface area contributed by atoms with Crippen molar-refractivity contribution >= 4 is 18.3 Å². The first-order valence-corrected chi connectivity index (χ1v) is 6.78. The molecule has 0 aromatic rings. The van der Waals surface area contributed by atoms with Crippen molar-refractivity contribution in [1.82, 2.24) is 5.32 Å². The smallest absolute Gasteiger partial charge is 0.249 e. The summed E-state index contributed by atoms with van der Waals surface area (Å²) in [6.45, 7) is 6.85. The molecule has 0 aromatic heterocycles. The number of halogens is 1. The minimum Gasteiger partial charge on any atom is -0.364 e. The van der Waals surface area contributed by atoms with Crippen molar-refractivity contribution in [3.05, 3.63) is 0 Å². The Morgan fingerprint density at radius 2 is 1.83 bits per heavy atom. The van der Waals surface area contributed by atoms with Gasteiger partial charge in [0, 0.05) is 12.1 Å². The van der Waals surface area contributed by atoms with E-state index in [2.05, 4.69) is 26.1 Å². The van der Waals surface area contributed by atoms with Gasteiger partial charge in [0.05, 0.1) is 6.10 Å². The van der Waals surface area contributed by atoms with Gasteiger partial charge in [-0.25, -0.2) is 0 Å². The summed E-state index contributed by atoms with van der Waals surface area (Å²) in [6, 6.07) is 0. The lowest BCUT2D eigenvalue weighted by Crippen LogP contribution is -2.50. The molecule has 0 saturated carbocycles. The summed E-state index contributed by atoms with van der Waals surface area (Å²) >= 11 is 0. The van der Waals surface area contributed by atoms with E-state index in [0.717, 1.165) is 32.1 Å². The fourth-order valence-corrected chi connectivity index (χ4v) is 2.43. The topological polar surface area (TPSA) is 64.4 Å². The Morgan fingerprint density at radius 1 is 1.28 bits per heavy atom. The van der Waals surface area contributed by atoms with Crippen LogP contribution >= 0.6 is 12.4 Å². The van der Waals surface area contributed by atoms with E-state index in [9.17, 15) is 4.79 Å². The summed E-state index contributed by atoms with van der Waals surface area (Å²) in [7, 11) is 0. The van der Waals surface area contributed by atoms with Gasteiger partial charge < -0.3 is 15.8 Å². The fourth-order valence-electron chi connectivity index (χ4n) is 2.43. The normalized spacial score (nSPS) is 23.6. The molecule has 0 bridgehead atoms. The third kappa shape index (κ3) is 4.11. The van der Waals surface area contributed by atoms with Gasteiger partial charge in [-0.3, -0.25) is 4.79 Å². The second-order valence-corrected chi connectivity index (χ2v) is 4.89. The predicted octanol–water partition coefficient (Wildman–Crippen LogP) is 2.00. The molecule has 2 atom stereocenters. The predicted molar refractivity (Wildman–Crippen MR) is 75.9 cm³/mol. The van der Waals surface area contributed by atoms with Crippen LogP contribution in [0.2, 0.25) is 0 Å². The minimum atomic E-state index is -0.299. The third-order valence-electron chi connectivity index (χ3n) is 4.08. The fraction of sp³-hybridized carbons (Fsp3) is 0.923. The maximum atomic E-state index is 12.1. The Morgan fingerprint density at radius 3 is 2.22 bits per heavy atom. The highest BCUT2D eigenvalue weighted by Gasteiger charge is 2.34. The average molecular weight is 279 g/mol. The van der Waals surface area contributed by atoms with Crippen molar-refractivity contribution in [2.75, 3.05) is 6.54 Å². The molecule has 1 fully saturated rings. The molecule has 0 aromatic carbocycles. The molecule has 1 saturated heterocycles. The molecule has 0 aliphatic carbocycles. The van der Waals surface area contributed by atoms with Gasteiger partial charge in [0.2, 0.25) is 5.91 Å². The van der Waals surface area contributed by atoms with Gasteiger partial charge in [-0.05, 0) is 32.1 Å². The first-order valence-electron chi connectivity index (χ1n) is 6.78. The third-order valence-corrected chi connectivity index (χ3v) is 4.08. The van der Waals surface area contributed by atoms with Crippen LogP contribution in [0, 0.1) is 0 Å². The van der Waals surface area contributed by atoms with Gasteiger partial charge in [0.1, 0.15) is 6.10 Å². The lowest BCUT2D eigenvalue weighted by atomic mass is 9.89. The van der Waals surface area contributed by atoms with Crippen LogP contribution < -0.4 is 11.1 Å². The van der Waals surface area contributed by atoms with E-state index in [4.69, 9.17) is 10.5 Å².